The first-order chi connectivity index (χ1) is 29.1. The molecule has 14 atom stereocenters. The molecule has 0 bridgehead atoms. The van der Waals surface area contributed by atoms with Gasteiger partial charge in [0.1, 0.15) is 41.3 Å². The third kappa shape index (κ3) is 12.2. The summed E-state index contributed by atoms with van der Waals surface area (Å²) in [4.78, 5) is 30.0. The van der Waals surface area contributed by atoms with Crippen LogP contribution in [-0.2, 0) is 39.7 Å². The smallest absolute Gasteiger partial charge is 0.312 e. The van der Waals surface area contributed by atoms with Gasteiger partial charge in [0, 0.05) is 36.8 Å². The monoisotopic (exact) mass is 875 g/mol. The van der Waals surface area contributed by atoms with Gasteiger partial charge in [0.25, 0.3) is 0 Å². The SMILES string of the molecule is CC[C@H]1OC(=O)[C@H](C)[C@@H](OC(=O)Cc2cc(F)cc(F)c2)[C@H](C)[C@@H](OC2OC(C)CC(N(C)C)C2O)[C@](C)(OC)C[C@@H](C)/C(=N\N=C\c2ccc(OC)cc2)[C@H](C)[C@@H](O)[C@]1(C)O. The zero-order valence-corrected chi connectivity index (χ0v) is 38.1. The number of hydrogen-bond donors (Lipinski definition) is 3. The van der Waals surface area contributed by atoms with Gasteiger partial charge in [-0.1, -0.05) is 27.7 Å². The quantitative estimate of drug-likeness (QED) is 0.147. The van der Waals surface area contributed by atoms with E-state index in [0.29, 0.717) is 23.9 Å². The number of carbonyl (C=O) groups excluding carboxylic acids is 2. The molecular weight excluding hydrogens is 809 g/mol. The highest BCUT2D eigenvalue weighted by molar-refractivity contribution is 5.90. The molecular formula is C46H67F2N3O11. The van der Waals surface area contributed by atoms with Crippen molar-refractivity contribution < 1.29 is 62.1 Å². The number of cyclic esters (lactones) is 1. The number of halogens is 2. The maximum atomic E-state index is 14.3. The van der Waals surface area contributed by atoms with E-state index in [1.807, 2.05) is 32.8 Å². The van der Waals surface area contributed by atoms with Crippen molar-refractivity contribution in [3.05, 3.63) is 65.2 Å². The van der Waals surface area contributed by atoms with Crippen LogP contribution < -0.4 is 4.74 Å². The summed E-state index contributed by atoms with van der Waals surface area (Å²) in [5.41, 5.74) is -2.25. The van der Waals surface area contributed by atoms with Crippen LogP contribution in [0.25, 0.3) is 0 Å². The molecule has 0 amide bonds. The van der Waals surface area contributed by atoms with Gasteiger partial charge in [-0.2, -0.15) is 10.2 Å². The Morgan fingerprint density at radius 1 is 1.00 bits per heavy atom. The summed E-state index contributed by atoms with van der Waals surface area (Å²) in [6.45, 7) is 13.5. The number of nitrogens with zero attached hydrogens (tertiary/aromatic N) is 3. The standard InChI is InChI=1S/C46H67F2N3O11/c1-13-36-46(8,56)41(54)27(4)38(50-49-24-30-14-16-34(57-11)17-15-30)25(2)23-45(7,58-12)42(62-44-39(53)35(51(9)10)18-26(3)59-44)28(5)40(29(6)43(55)60-36)61-37(52)21-31-19-32(47)22-33(48)20-31/h14-17,19-20,22,24-29,35-36,39-42,44,53-54,56H,13,18,21,23H2,1-12H3/b49-24+,50-38+/t25-,26?,27+,28+,29-,35?,36-,39?,40+,41-,42-,44?,45-,46-/m1/s1. The molecule has 0 radical (unpaired) electrons. The van der Waals surface area contributed by atoms with E-state index in [1.54, 1.807) is 65.3 Å². The highest BCUT2D eigenvalue weighted by Crippen LogP contribution is 2.40. The van der Waals surface area contributed by atoms with Gasteiger partial charge in [-0.15, -0.1) is 0 Å². The summed E-state index contributed by atoms with van der Waals surface area (Å²) in [6, 6.07) is 9.52. The largest absolute Gasteiger partial charge is 0.497 e. The number of carbonyl (C=O) groups is 2. The van der Waals surface area contributed by atoms with Crippen molar-refractivity contribution in [3.63, 3.8) is 0 Å². The molecule has 62 heavy (non-hydrogen) atoms. The molecule has 2 aliphatic rings. The summed E-state index contributed by atoms with van der Waals surface area (Å²) in [6.07, 6.45) is -6.19. The fourth-order valence-electron chi connectivity index (χ4n) is 8.91. The van der Waals surface area contributed by atoms with Gasteiger partial charge < -0.3 is 48.6 Å². The van der Waals surface area contributed by atoms with Gasteiger partial charge in [0.15, 0.2) is 6.29 Å². The first-order valence-electron chi connectivity index (χ1n) is 21.3. The number of aliphatic hydroxyl groups is 3. The third-order valence-electron chi connectivity index (χ3n) is 12.6. The van der Waals surface area contributed by atoms with E-state index >= 15 is 0 Å². The van der Waals surface area contributed by atoms with Crippen LogP contribution in [0.2, 0.25) is 0 Å². The van der Waals surface area contributed by atoms with Gasteiger partial charge in [-0.3, -0.25) is 9.59 Å². The molecule has 2 saturated heterocycles. The molecule has 0 saturated carbocycles. The minimum absolute atomic E-state index is 0.00809. The zero-order chi connectivity index (χ0) is 46.3. The minimum atomic E-state index is -2.02. The molecule has 4 rings (SSSR count). The van der Waals surface area contributed by atoms with Crippen molar-refractivity contribution in [1.82, 2.24) is 4.90 Å². The number of benzene rings is 2. The number of likely N-dealkylation sites (N-methyl/N-ethyl adjacent to an activating group) is 1. The Morgan fingerprint density at radius 2 is 1.63 bits per heavy atom. The van der Waals surface area contributed by atoms with Crippen LogP contribution in [0.1, 0.15) is 85.8 Å². The molecule has 4 unspecified atom stereocenters. The number of hydrogen-bond acceptors (Lipinski definition) is 14. The van der Waals surface area contributed by atoms with E-state index in [2.05, 4.69) is 10.2 Å². The average Bonchev–Trinajstić information content (AvgIpc) is 3.21. The number of esters is 2. The van der Waals surface area contributed by atoms with Gasteiger partial charge in [-0.25, -0.2) is 8.78 Å². The third-order valence-corrected chi connectivity index (χ3v) is 12.6. The minimum Gasteiger partial charge on any atom is -0.497 e. The Kier molecular flexibility index (Phi) is 17.7. The summed E-state index contributed by atoms with van der Waals surface area (Å²) >= 11 is 0. The predicted molar refractivity (Wildman–Crippen MR) is 229 cm³/mol. The van der Waals surface area contributed by atoms with E-state index in [4.69, 9.17) is 28.4 Å². The van der Waals surface area contributed by atoms with Crippen LogP contribution in [0.4, 0.5) is 8.78 Å². The fraction of sp³-hybridized carbons (Fsp3) is 0.652. The maximum absolute atomic E-state index is 14.3. The van der Waals surface area contributed by atoms with Gasteiger partial charge >= 0.3 is 11.9 Å². The highest BCUT2D eigenvalue weighted by Gasteiger charge is 2.52. The molecule has 16 heteroatoms. The molecule has 2 heterocycles. The van der Waals surface area contributed by atoms with Crippen molar-refractivity contribution >= 4 is 23.9 Å². The first kappa shape index (κ1) is 50.7. The number of rotatable bonds is 11. The predicted octanol–water partition coefficient (Wildman–Crippen LogP) is 5.50. The van der Waals surface area contributed by atoms with E-state index in [0.717, 1.165) is 17.7 Å². The van der Waals surface area contributed by atoms with E-state index in [-0.39, 0.29) is 30.6 Å². The van der Waals surface area contributed by atoms with Crippen LogP contribution >= 0.6 is 0 Å². The zero-order valence-electron chi connectivity index (χ0n) is 38.1. The molecule has 0 aromatic heterocycles. The summed E-state index contributed by atoms with van der Waals surface area (Å²) in [7, 11) is 6.73. The lowest BCUT2D eigenvalue weighted by atomic mass is 9.73. The van der Waals surface area contributed by atoms with Crippen LogP contribution in [0, 0.1) is 35.3 Å². The van der Waals surface area contributed by atoms with Crippen LogP contribution in [0.5, 0.6) is 5.75 Å². The van der Waals surface area contributed by atoms with Crippen LogP contribution in [0.15, 0.2) is 52.7 Å². The van der Waals surface area contributed by atoms with Gasteiger partial charge in [0.05, 0.1) is 49.6 Å². The van der Waals surface area contributed by atoms with E-state index in [1.165, 1.54) is 21.0 Å². The van der Waals surface area contributed by atoms with E-state index < -0.39 is 102 Å². The summed E-state index contributed by atoms with van der Waals surface area (Å²) in [5, 5.41) is 44.8. The first-order valence-corrected chi connectivity index (χ1v) is 21.3. The van der Waals surface area contributed by atoms with E-state index in [9.17, 15) is 33.7 Å². The normalized spacial score (nSPS) is 36.0. The van der Waals surface area contributed by atoms with Gasteiger partial charge in [-0.05, 0) is 114 Å². The molecule has 2 fully saturated rings. The summed E-state index contributed by atoms with van der Waals surface area (Å²) in [5.74, 6) is -6.45. The number of methoxy groups -OCH3 is 2. The molecule has 0 aliphatic carbocycles. The van der Waals surface area contributed by atoms with Crippen molar-refractivity contribution in [1.29, 1.82) is 0 Å². The Hall–Kier alpha value is -3.90. The summed E-state index contributed by atoms with van der Waals surface area (Å²) < 4.78 is 65.2. The van der Waals surface area contributed by atoms with Crippen LogP contribution in [0.3, 0.4) is 0 Å². The lowest BCUT2D eigenvalue weighted by Gasteiger charge is -2.48. The van der Waals surface area contributed by atoms with Crippen molar-refractivity contribution in [2.24, 2.45) is 33.9 Å². The van der Waals surface area contributed by atoms with Crippen molar-refractivity contribution in [2.75, 3.05) is 28.3 Å². The molecule has 2 aromatic carbocycles. The average molecular weight is 876 g/mol. The number of ether oxygens (including phenoxy) is 6. The second-order valence-electron chi connectivity index (χ2n) is 17.6. The fourth-order valence-corrected chi connectivity index (χ4v) is 8.91. The maximum Gasteiger partial charge on any atom is 0.312 e. The molecule has 0 spiro atoms. The molecule has 2 aromatic rings. The Morgan fingerprint density at radius 3 is 2.19 bits per heavy atom. The van der Waals surface area contributed by atoms with Gasteiger partial charge in [0.2, 0.25) is 0 Å². The second kappa shape index (κ2) is 21.7. The molecule has 2 aliphatic heterocycles. The van der Waals surface area contributed by atoms with Crippen molar-refractivity contribution in [3.8, 4) is 5.75 Å². The Bertz CT molecular complexity index is 1840. The number of aliphatic hydroxyl groups excluding tert-OH is 2. The Labute approximate surface area is 364 Å². The lowest BCUT2D eigenvalue weighted by Crippen LogP contribution is -2.60. The topological polar surface area (TPSA) is 178 Å². The highest BCUT2D eigenvalue weighted by atomic mass is 19.1. The molecule has 346 valence electrons. The van der Waals surface area contributed by atoms with Crippen molar-refractivity contribution in [2.45, 2.75) is 141 Å². The lowest BCUT2D eigenvalue weighted by molar-refractivity contribution is -0.301. The Balaban J connectivity index is 1.90. The second-order valence-corrected chi connectivity index (χ2v) is 17.6. The molecule has 3 N–H and O–H groups in total. The molecule has 14 nitrogen and oxygen atoms in total. The van der Waals surface area contributed by atoms with Crippen LogP contribution in [-0.4, -0.2) is 133 Å².